The summed E-state index contributed by atoms with van der Waals surface area (Å²) in [4.78, 5) is -1.88. The SMILES string of the molecule is O=S(=O)(O)C1(O)CCSCC1. The van der Waals surface area contributed by atoms with Crippen molar-refractivity contribution in [2.24, 2.45) is 0 Å². The van der Waals surface area contributed by atoms with E-state index in [2.05, 4.69) is 0 Å². The van der Waals surface area contributed by atoms with Gasteiger partial charge in [0.2, 0.25) is 0 Å². The van der Waals surface area contributed by atoms with Crippen molar-refractivity contribution in [2.75, 3.05) is 11.5 Å². The smallest absolute Gasteiger partial charge is 0.295 e. The predicted molar refractivity (Wildman–Crippen MR) is 43.1 cm³/mol. The Morgan fingerprint density at radius 1 is 1.27 bits per heavy atom. The maximum atomic E-state index is 10.6. The summed E-state index contributed by atoms with van der Waals surface area (Å²) in [6.45, 7) is 0. The first-order chi connectivity index (χ1) is 4.96. The van der Waals surface area contributed by atoms with Crippen molar-refractivity contribution >= 4 is 21.9 Å². The van der Waals surface area contributed by atoms with Crippen molar-refractivity contribution in [3.63, 3.8) is 0 Å². The molecule has 1 fully saturated rings. The highest BCUT2D eigenvalue weighted by molar-refractivity contribution is 7.99. The van der Waals surface area contributed by atoms with E-state index in [-0.39, 0.29) is 12.8 Å². The van der Waals surface area contributed by atoms with E-state index in [1.807, 2.05) is 0 Å². The van der Waals surface area contributed by atoms with Crippen LogP contribution in [0.4, 0.5) is 0 Å². The second-order valence-electron chi connectivity index (χ2n) is 2.53. The van der Waals surface area contributed by atoms with Gasteiger partial charge in [-0.2, -0.15) is 20.2 Å². The molecule has 0 saturated carbocycles. The van der Waals surface area contributed by atoms with Crippen LogP contribution >= 0.6 is 11.8 Å². The highest BCUT2D eigenvalue weighted by Crippen LogP contribution is 2.30. The standard InChI is InChI=1S/C5H10O4S2/c6-5(11(7,8)9)1-3-10-4-2-5/h6H,1-4H2,(H,7,8,9). The Kier molecular flexibility index (Phi) is 2.48. The molecule has 0 bridgehead atoms. The van der Waals surface area contributed by atoms with Crippen molar-refractivity contribution in [3.8, 4) is 0 Å². The lowest BCUT2D eigenvalue weighted by Crippen LogP contribution is -2.41. The van der Waals surface area contributed by atoms with Crippen LogP contribution in [-0.2, 0) is 10.1 Å². The average molecular weight is 198 g/mol. The van der Waals surface area contributed by atoms with E-state index in [1.165, 1.54) is 0 Å². The van der Waals surface area contributed by atoms with Crippen molar-refractivity contribution in [2.45, 2.75) is 17.8 Å². The van der Waals surface area contributed by atoms with E-state index in [9.17, 15) is 13.5 Å². The molecule has 2 N–H and O–H groups in total. The number of rotatable bonds is 1. The van der Waals surface area contributed by atoms with Crippen LogP contribution in [0.2, 0.25) is 0 Å². The van der Waals surface area contributed by atoms with Gasteiger partial charge >= 0.3 is 0 Å². The monoisotopic (exact) mass is 198 g/mol. The first-order valence-corrected chi connectivity index (χ1v) is 5.82. The molecule has 1 heterocycles. The Labute approximate surface area is 69.7 Å². The third kappa shape index (κ3) is 1.87. The first kappa shape index (κ1) is 9.31. The Balaban J connectivity index is 2.81. The molecule has 1 aliphatic rings. The molecule has 0 spiro atoms. The molecule has 0 unspecified atom stereocenters. The molecule has 4 nitrogen and oxygen atoms in total. The van der Waals surface area contributed by atoms with Crippen molar-refractivity contribution in [1.29, 1.82) is 0 Å². The minimum Gasteiger partial charge on any atom is -0.372 e. The van der Waals surface area contributed by atoms with Gasteiger partial charge < -0.3 is 5.11 Å². The van der Waals surface area contributed by atoms with E-state index >= 15 is 0 Å². The maximum absolute atomic E-state index is 10.6. The first-order valence-electron chi connectivity index (χ1n) is 3.23. The Hall–Kier alpha value is 0.220. The fourth-order valence-corrected chi connectivity index (χ4v) is 3.09. The molecular weight excluding hydrogens is 188 g/mol. The lowest BCUT2D eigenvalue weighted by molar-refractivity contribution is 0.104. The second-order valence-corrected chi connectivity index (χ2v) is 5.47. The highest BCUT2D eigenvalue weighted by Gasteiger charge is 2.41. The number of hydrogen-bond acceptors (Lipinski definition) is 4. The fourth-order valence-electron chi connectivity index (χ4n) is 0.948. The molecule has 0 aromatic carbocycles. The third-order valence-electron chi connectivity index (χ3n) is 1.75. The zero-order chi connectivity index (χ0) is 8.54. The Morgan fingerprint density at radius 3 is 2.00 bits per heavy atom. The minimum absolute atomic E-state index is 0.122. The van der Waals surface area contributed by atoms with Crippen LogP contribution in [0, 0.1) is 0 Å². The van der Waals surface area contributed by atoms with Crippen LogP contribution in [0.15, 0.2) is 0 Å². The van der Waals surface area contributed by atoms with E-state index < -0.39 is 15.1 Å². The molecule has 0 radical (unpaired) electrons. The molecule has 66 valence electrons. The molecule has 0 amide bonds. The van der Waals surface area contributed by atoms with Crippen LogP contribution in [-0.4, -0.2) is 34.5 Å². The fraction of sp³-hybridized carbons (Fsp3) is 1.00. The zero-order valence-corrected chi connectivity index (χ0v) is 7.49. The summed E-state index contributed by atoms with van der Waals surface area (Å²) in [6, 6.07) is 0. The van der Waals surface area contributed by atoms with E-state index in [0.717, 1.165) is 0 Å². The lowest BCUT2D eigenvalue weighted by atomic mass is 10.2. The van der Waals surface area contributed by atoms with Gasteiger partial charge in [-0.3, -0.25) is 4.55 Å². The lowest BCUT2D eigenvalue weighted by Gasteiger charge is -2.27. The summed E-state index contributed by atoms with van der Waals surface area (Å²) in [5.74, 6) is 1.16. The highest BCUT2D eigenvalue weighted by atomic mass is 32.2. The summed E-state index contributed by atoms with van der Waals surface area (Å²) in [7, 11) is -4.28. The van der Waals surface area contributed by atoms with E-state index in [1.54, 1.807) is 11.8 Å². The van der Waals surface area contributed by atoms with Gasteiger partial charge in [-0.25, -0.2) is 0 Å². The molecule has 6 heteroatoms. The normalized spacial score (nSPS) is 24.9. The molecule has 0 atom stereocenters. The van der Waals surface area contributed by atoms with Gasteiger partial charge in [0.25, 0.3) is 10.1 Å². The van der Waals surface area contributed by atoms with E-state index in [0.29, 0.717) is 11.5 Å². The molecule has 0 aliphatic carbocycles. The van der Waals surface area contributed by atoms with Gasteiger partial charge in [-0.05, 0) is 11.5 Å². The van der Waals surface area contributed by atoms with Crippen molar-refractivity contribution in [3.05, 3.63) is 0 Å². The number of aliphatic hydroxyl groups is 1. The summed E-state index contributed by atoms with van der Waals surface area (Å²) in [6.07, 6.45) is 0.243. The maximum Gasteiger partial charge on any atom is 0.295 e. The van der Waals surface area contributed by atoms with Gasteiger partial charge in [0.1, 0.15) is 0 Å². The van der Waals surface area contributed by atoms with Crippen LogP contribution in [0.5, 0.6) is 0 Å². The van der Waals surface area contributed by atoms with Crippen LogP contribution in [0.3, 0.4) is 0 Å². The number of thioether (sulfide) groups is 1. The van der Waals surface area contributed by atoms with Gasteiger partial charge in [-0.1, -0.05) is 0 Å². The minimum atomic E-state index is -4.28. The van der Waals surface area contributed by atoms with Gasteiger partial charge in [0.05, 0.1) is 0 Å². The van der Waals surface area contributed by atoms with Gasteiger partial charge in [-0.15, -0.1) is 0 Å². The second kappa shape index (κ2) is 2.93. The molecule has 1 saturated heterocycles. The van der Waals surface area contributed by atoms with E-state index in [4.69, 9.17) is 4.55 Å². The summed E-state index contributed by atoms with van der Waals surface area (Å²) in [5, 5.41) is 9.36. The Morgan fingerprint density at radius 2 is 1.73 bits per heavy atom. The van der Waals surface area contributed by atoms with Crippen LogP contribution < -0.4 is 0 Å². The van der Waals surface area contributed by atoms with Crippen molar-refractivity contribution < 1.29 is 18.1 Å². The molecule has 0 aromatic heterocycles. The third-order valence-corrected chi connectivity index (χ3v) is 4.11. The van der Waals surface area contributed by atoms with Crippen LogP contribution in [0.1, 0.15) is 12.8 Å². The summed E-state index contributed by atoms with van der Waals surface area (Å²) >= 11 is 1.58. The van der Waals surface area contributed by atoms with Gasteiger partial charge in [0, 0.05) is 12.8 Å². The topological polar surface area (TPSA) is 74.6 Å². The van der Waals surface area contributed by atoms with Gasteiger partial charge in [0.15, 0.2) is 4.93 Å². The zero-order valence-electron chi connectivity index (χ0n) is 5.86. The molecule has 1 rings (SSSR count). The summed E-state index contributed by atoms with van der Waals surface area (Å²) < 4.78 is 29.8. The van der Waals surface area contributed by atoms with Crippen LogP contribution in [0.25, 0.3) is 0 Å². The number of hydrogen-bond donors (Lipinski definition) is 2. The predicted octanol–water partition coefficient (Wildman–Crippen LogP) is 0.0898. The molecular formula is C5H10O4S2. The quantitative estimate of drug-likeness (QED) is 0.584. The largest absolute Gasteiger partial charge is 0.372 e. The summed E-state index contributed by atoms with van der Waals surface area (Å²) in [5.41, 5.74) is 0. The Bertz CT molecular complexity index is 227. The van der Waals surface area contributed by atoms with Crippen molar-refractivity contribution in [1.82, 2.24) is 0 Å². The molecule has 1 aliphatic heterocycles. The average Bonchev–Trinajstić information content (AvgIpc) is 1.87. The molecule has 11 heavy (non-hydrogen) atoms. The molecule has 0 aromatic rings.